The quantitative estimate of drug-likeness (QED) is 0.482. The lowest BCUT2D eigenvalue weighted by Crippen LogP contribution is -2.22. The van der Waals surface area contributed by atoms with Crippen molar-refractivity contribution in [2.45, 2.75) is 20.3 Å². The zero-order chi connectivity index (χ0) is 20.6. The highest BCUT2D eigenvalue weighted by molar-refractivity contribution is 6.30. The predicted octanol–water partition coefficient (Wildman–Crippen LogP) is 4.18. The Balaban J connectivity index is 1.71. The third-order valence-corrected chi connectivity index (χ3v) is 4.26. The van der Waals surface area contributed by atoms with Crippen molar-refractivity contribution in [2.75, 3.05) is 23.7 Å². The first-order chi connectivity index (χ1) is 14.0. The van der Waals surface area contributed by atoms with E-state index < -0.39 is 0 Å². The summed E-state index contributed by atoms with van der Waals surface area (Å²) in [4.78, 5) is 24.3. The van der Waals surface area contributed by atoms with E-state index in [1.165, 1.54) is 6.92 Å². The van der Waals surface area contributed by atoms with Gasteiger partial charge in [-0.1, -0.05) is 17.7 Å². The zero-order valence-electron chi connectivity index (χ0n) is 16.4. The van der Waals surface area contributed by atoms with Crippen molar-refractivity contribution in [1.82, 2.24) is 20.3 Å². The zero-order valence-corrected chi connectivity index (χ0v) is 17.1. The minimum atomic E-state index is -0.0218. The van der Waals surface area contributed by atoms with Crippen molar-refractivity contribution < 1.29 is 4.79 Å². The van der Waals surface area contributed by atoms with Crippen molar-refractivity contribution in [3.63, 3.8) is 0 Å². The molecule has 0 radical (unpaired) electrons. The SMILES string of the molecule is CC(=O)NCCCNc1cc(-c2cc(C)nc(Nc3cccc(Cl)c3)n2)ccn1. The maximum Gasteiger partial charge on any atom is 0.227 e. The van der Waals surface area contributed by atoms with E-state index in [-0.39, 0.29) is 5.91 Å². The van der Waals surface area contributed by atoms with Crippen LogP contribution in [0.4, 0.5) is 17.5 Å². The van der Waals surface area contributed by atoms with Crippen molar-refractivity contribution >= 4 is 35.0 Å². The molecular weight excluding hydrogens is 388 g/mol. The Morgan fingerprint density at radius 1 is 1.10 bits per heavy atom. The number of amides is 1. The van der Waals surface area contributed by atoms with Crippen LogP contribution in [-0.4, -0.2) is 33.9 Å². The van der Waals surface area contributed by atoms with Gasteiger partial charge in [-0.25, -0.2) is 15.0 Å². The minimum absolute atomic E-state index is 0.0218. The van der Waals surface area contributed by atoms with Crippen molar-refractivity contribution in [2.24, 2.45) is 0 Å². The summed E-state index contributed by atoms with van der Waals surface area (Å²) in [6.45, 7) is 4.78. The molecule has 3 aromatic rings. The van der Waals surface area contributed by atoms with Crippen molar-refractivity contribution in [3.8, 4) is 11.3 Å². The van der Waals surface area contributed by atoms with Gasteiger partial charge in [-0.2, -0.15) is 0 Å². The number of hydrogen-bond acceptors (Lipinski definition) is 6. The van der Waals surface area contributed by atoms with Gasteiger partial charge in [0.15, 0.2) is 0 Å². The molecule has 3 N–H and O–H groups in total. The molecule has 0 saturated heterocycles. The Labute approximate surface area is 175 Å². The fourth-order valence-electron chi connectivity index (χ4n) is 2.72. The number of rotatable bonds is 8. The average Bonchev–Trinajstić information content (AvgIpc) is 2.67. The third-order valence-electron chi connectivity index (χ3n) is 4.02. The molecule has 1 aromatic carbocycles. The lowest BCUT2D eigenvalue weighted by molar-refractivity contribution is -0.118. The van der Waals surface area contributed by atoms with Gasteiger partial charge in [-0.05, 0) is 49.7 Å². The van der Waals surface area contributed by atoms with Crippen LogP contribution in [0.3, 0.4) is 0 Å². The molecule has 29 heavy (non-hydrogen) atoms. The van der Waals surface area contributed by atoms with Crippen molar-refractivity contribution in [1.29, 1.82) is 0 Å². The van der Waals surface area contributed by atoms with E-state index in [9.17, 15) is 4.79 Å². The van der Waals surface area contributed by atoms with E-state index in [2.05, 4.69) is 30.9 Å². The van der Waals surface area contributed by atoms with Gasteiger partial charge in [0.05, 0.1) is 5.69 Å². The van der Waals surface area contributed by atoms with Crippen LogP contribution in [-0.2, 0) is 4.79 Å². The Hall–Kier alpha value is -3.19. The number of benzene rings is 1. The van der Waals surface area contributed by atoms with Gasteiger partial charge >= 0.3 is 0 Å². The molecule has 3 rings (SSSR count). The molecule has 8 heteroatoms. The van der Waals surface area contributed by atoms with Crippen LogP contribution in [0.1, 0.15) is 19.0 Å². The second-order valence-corrected chi connectivity index (χ2v) is 6.98. The number of nitrogens with zero attached hydrogens (tertiary/aromatic N) is 3. The maximum absolute atomic E-state index is 10.9. The average molecular weight is 411 g/mol. The molecule has 0 saturated carbocycles. The molecule has 150 valence electrons. The molecule has 0 aliphatic carbocycles. The van der Waals surface area contributed by atoms with Crippen LogP contribution >= 0.6 is 11.6 Å². The molecule has 0 unspecified atom stereocenters. The Bertz CT molecular complexity index is 994. The molecule has 2 heterocycles. The maximum atomic E-state index is 10.9. The van der Waals surface area contributed by atoms with Gasteiger partial charge < -0.3 is 16.0 Å². The highest BCUT2D eigenvalue weighted by Gasteiger charge is 2.07. The summed E-state index contributed by atoms with van der Waals surface area (Å²) in [7, 11) is 0. The molecule has 7 nitrogen and oxygen atoms in total. The topological polar surface area (TPSA) is 91.8 Å². The van der Waals surface area contributed by atoms with Crippen LogP contribution in [0.5, 0.6) is 0 Å². The number of carbonyl (C=O) groups excluding carboxylic acids is 1. The van der Waals surface area contributed by atoms with Crippen molar-refractivity contribution in [3.05, 3.63) is 59.4 Å². The summed E-state index contributed by atoms with van der Waals surface area (Å²) >= 11 is 6.05. The molecule has 0 bridgehead atoms. The van der Waals surface area contributed by atoms with Gasteiger partial charge in [0, 0.05) is 48.2 Å². The predicted molar refractivity (Wildman–Crippen MR) is 117 cm³/mol. The fourth-order valence-corrected chi connectivity index (χ4v) is 2.91. The number of aromatic nitrogens is 3. The lowest BCUT2D eigenvalue weighted by atomic mass is 10.1. The summed E-state index contributed by atoms with van der Waals surface area (Å²) in [5.41, 5.74) is 3.40. The Morgan fingerprint density at radius 2 is 1.97 bits per heavy atom. The molecule has 0 aliphatic heterocycles. The van der Waals surface area contributed by atoms with Gasteiger partial charge in [0.2, 0.25) is 11.9 Å². The number of nitrogens with one attached hydrogen (secondary N) is 3. The molecule has 2 aromatic heterocycles. The minimum Gasteiger partial charge on any atom is -0.370 e. The summed E-state index contributed by atoms with van der Waals surface area (Å²) in [6.07, 6.45) is 2.55. The van der Waals surface area contributed by atoms with Gasteiger partial charge in [0.1, 0.15) is 5.82 Å². The Kier molecular flexibility index (Phi) is 6.97. The number of halogens is 1. The summed E-state index contributed by atoms with van der Waals surface area (Å²) < 4.78 is 0. The Morgan fingerprint density at radius 3 is 2.76 bits per heavy atom. The number of carbonyl (C=O) groups is 1. The van der Waals surface area contributed by atoms with E-state index in [4.69, 9.17) is 11.6 Å². The smallest absolute Gasteiger partial charge is 0.227 e. The highest BCUT2D eigenvalue weighted by atomic mass is 35.5. The van der Waals surface area contributed by atoms with Crippen LogP contribution < -0.4 is 16.0 Å². The second-order valence-electron chi connectivity index (χ2n) is 6.55. The largest absolute Gasteiger partial charge is 0.370 e. The normalized spacial score (nSPS) is 10.4. The lowest BCUT2D eigenvalue weighted by Gasteiger charge is -2.10. The molecule has 1 amide bonds. The van der Waals surface area contributed by atoms with Crippen LogP contribution in [0.2, 0.25) is 5.02 Å². The highest BCUT2D eigenvalue weighted by Crippen LogP contribution is 2.23. The van der Waals surface area contributed by atoms with E-state index >= 15 is 0 Å². The van der Waals surface area contributed by atoms with E-state index in [1.54, 1.807) is 6.20 Å². The molecule has 0 fully saturated rings. The molecule has 0 aliphatic rings. The van der Waals surface area contributed by atoms with Gasteiger partial charge in [-0.3, -0.25) is 4.79 Å². The molecule has 0 atom stereocenters. The monoisotopic (exact) mass is 410 g/mol. The first-order valence-electron chi connectivity index (χ1n) is 9.32. The number of pyridine rings is 1. The van der Waals surface area contributed by atoms with Crippen LogP contribution in [0.25, 0.3) is 11.3 Å². The summed E-state index contributed by atoms with van der Waals surface area (Å²) in [6, 6.07) is 13.2. The summed E-state index contributed by atoms with van der Waals surface area (Å²) in [5, 5.41) is 9.88. The first-order valence-corrected chi connectivity index (χ1v) is 9.70. The molecule has 0 spiro atoms. The third kappa shape index (κ3) is 6.43. The standard InChI is InChI=1S/C21H23ClN6O/c1-14-11-19(28-21(26-14)27-18-6-3-5-17(22)13-18)16-7-10-25-20(12-16)24-9-4-8-23-15(2)29/h3,5-7,10-13H,4,8-9H2,1-2H3,(H,23,29)(H,24,25)(H,26,27,28). The fraction of sp³-hybridized carbons (Fsp3) is 0.238. The first kappa shape index (κ1) is 20.5. The van der Waals surface area contributed by atoms with E-state index in [1.807, 2.05) is 49.4 Å². The van der Waals surface area contributed by atoms with Gasteiger partial charge in [-0.15, -0.1) is 0 Å². The van der Waals surface area contributed by atoms with Crippen LogP contribution in [0.15, 0.2) is 48.7 Å². The van der Waals surface area contributed by atoms with E-state index in [0.29, 0.717) is 24.1 Å². The number of aryl methyl sites for hydroxylation is 1. The van der Waals surface area contributed by atoms with E-state index in [0.717, 1.165) is 34.9 Å². The molecular formula is C21H23ClN6O. The summed E-state index contributed by atoms with van der Waals surface area (Å²) in [5.74, 6) is 1.24. The second kappa shape index (κ2) is 9.84. The van der Waals surface area contributed by atoms with Crippen LogP contribution in [0, 0.1) is 6.92 Å². The van der Waals surface area contributed by atoms with Gasteiger partial charge in [0.25, 0.3) is 0 Å². The number of hydrogen-bond donors (Lipinski definition) is 3. The number of anilines is 3.